The number of aliphatic hydroxyl groups is 1. The maximum absolute atomic E-state index is 14.0. The second-order valence-electron chi connectivity index (χ2n) is 11.9. The number of likely N-dealkylation sites (N-methyl/N-ethyl adjacent to an activating group) is 1. The lowest BCUT2D eigenvalue weighted by Gasteiger charge is -2.51. The van der Waals surface area contributed by atoms with Crippen LogP contribution in [-0.4, -0.2) is 83.5 Å². The molecule has 13 heteroatoms. The summed E-state index contributed by atoms with van der Waals surface area (Å²) in [5.41, 5.74) is -3.77. The summed E-state index contributed by atoms with van der Waals surface area (Å²) in [5, 5.41) is 9.13. The van der Waals surface area contributed by atoms with Crippen molar-refractivity contribution in [2.75, 3.05) is 39.8 Å². The molecule has 2 aromatic rings. The number of benzene rings is 2. The molecule has 6 nitrogen and oxygen atoms in total. The van der Waals surface area contributed by atoms with Gasteiger partial charge in [0.05, 0.1) is 16.5 Å². The largest absolute Gasteiger partial charge is 0.416 e. The number of aryl methyl sites for hydroxylation is 1. The normalized spacial score (nSPS) is 20.6. The van der Waals surface area contributed by atoms with Crippen LogP contribution in [0.1, 0.15) is 54.0 Å². The van der Waals surface area contributed by atoms with Crippen LogP contribution in [0.2, 0.25) is 0 Å². The molecule has 2 heterocycles. The molecule has 2 aromatic carbocycles. The van der Waals surface area contributed by atoms with Gasteiger partial charge in [-0.25, -0.2) is 4.39 Å². The number of carbonyl (C=O) groups excluding carboxylic acids is 2. The Morgan fingerprint density at radius 3 is 2.00 bits per heavy atom. The van der Waals surface area contributed by atoms with Crippen molar-refractivity contribution in [3.63, 3.8) is 0 Å². The van der Waals surface area contributed by atoms with Gasteiger partial charge in [-0.3, -0.25) is 14.5 Å². The second kappa shape index (κ2) is 11.7. The number of carbonyl (C=O) groups is 2. The molecule has 0 saturated carbocycles. The summed E-state index contributed by atoms with van der Waals surface area (Å²) in [6, 6.07) is 4.99. The minimum atomic E-state index is -5.06. The molecule has 2 saturated heterocycles. The van der Waals surface area contributed by atoms with Gasteiger partial charge in [-0.2, -0.15) is 26.3 Å². The zero-order valence-corrected chi connectivity index (χ0v) is 24.2. The second-order valence-corrected chi connectivity index (χ2v) is 11.9. The van der Waals surface area contributed by atoms with Crippen molar-refractivity contribution in [1.29, 1.82) is 0 Å². The van der Waals surface area contributed by atoms with Crippen LogP contribution in [0.5, 0.6) is 0 Å². The first-order chi connectivity index (χ1) is 19.8. The molecule has 43 heavy (non-hydrogen) atoms. The van der Waals surface area contributed by atoms with Gasteiger partial charge in [0.1, 0.15) is 12.4 Å². The van der Waals surface area contributed by atoms with Gasteiger partial charge < -0.3 is 14.9 Å². The van der Waals surface area contributed by atoms with E-state index in [2.05, 4.69) is 4.90 Å². The van der Waals surface area contributed by atoms with Gasteiger partial charge in [0.25, 0.3) is 0 Å². The fourth-order valence-corrected chi connectivity index (χ4v) is 6.14. The third-order valence-electron chi connectivity index (χ3n) is 8.77. The van der Waals surface area contributed by atoms with Crippen molar-refractivity contribution in [3.05, 3.63) is 70.0 Å². The monoisotopic (exact) mass is 617 g/mol. The van der Waals surface area contributed by atoms with E-state index in [4.69, 9.17) is 5.11 Å². The Labute approximate surface area is 245 Å². The summed E-state index contributed by atoms with van der Waals surface area (Å²) in [4.78, 5) is 30.8. The average molecular weight is 618 g/mol. The smallest absolute Gasteiger partial charge is 0.387 e. The predicted octanol–water partition coefficient (Wildman–Crippen LogP) is 4.97. The molecule has 0 radical (unpaired) electrons. The standard InChI is InChI=1S/C30H34F7N3O3/c1-17-9-21(31)5-6-23(17)24-15-39(22-13-40(14-22)26(42)16-41)8-7-25(24)38(4)27(43)28(2,3)18-10-19(29(32,33)34)12-20(11-18)30(35,36)37/h5-6,9-12,22,24-25,41H,7-8,13-16H2,1-4H3/t24-,25+/m1/s1. The summed E-state index contributed by atoms with van der Waals surface area (Å²) in [7, 11) is 1.49. The van der Waals surface area contributed by atoms with E-state index in [0.29, 0.717) is 50.3 Å². The van der Waals surface area contributed by atoms with Gasteiger partial charge in [0.15, 0.2) is 0 Å². The number of amides is 2. The Morgan fingerprint density at radius 2 is 1.49 bits per heavy atom. The Kier molecular flexibility index (Phi) is 8.92. The van der Waals surface area contributed by atoms with E-state index in [9.17, 15) is 40.3 Å². The summed E-state index contributed by atoms with van der Waals surface area (Å²) >= 11 is 0. The number of alkyl halides is 6. The number of aliphatic hydroxyl groups excluding tert-OH is 1. The van der Waals surface area contributed by atoms with Crippen LogP contribution in [0.15, 0.2) is 36.4 Å². The van der Waals surface area contributed by atoms with Crippen molar-refractivity contribution in [2.24, 2.45) is 0 Å². The zero-order chi connectivity index (χ0) is 32.1. The van der Waals surface area contributed by atoms with E-state index in [0.717, 1.165) is 5.56 Å². The van der Waals surface area contributed by atoms with Gasteiger partial charge >= 0.3 is 12.4 Å². The molecule has 0 bridgehead atoms. The summed E-state index contributed by atoms with van der Waals surface area (Å²) < 4.78 is 95.5. The highest BCUT2D eigenvalue weighted by Crippen LogP contribution is 2.41. The summed E-state index contributed by atoms with van der Waals surface area (Å²) in [6.07, 6.45) is -9.70. The number of hydrogen-bond donors (Lipinski definition) is 1. The molecule has 2 atom stereocenters. The van der Waals surface area contributed by atoms with Crippen LogP contribution < -0.4 is 0 Å². The predicted molar refractivity (Wildman–Crippen MR) is 144 cm³/mol. The zero-order valence-electron chi connectivity index (χ0n) is 24.2. The molecule has 1 N–H and O–H groups in total. The van der Waals surface area contributed by atoms with Crippen molar-refractivity contribution < 1.29 is 45.4 Å². The number of piperidine rings is 1. The number of hydrogen-bond acceptors (Lipinski definition) is 4. The van der Waals surface area contributed by atoms with E-state index in [1.54, 1.807) is 13.0 Å². The molecule has 2 aliphatic rings. The highest BCUT2D eigenvalue weighted by Gasteiger charge is 2.45. The fourth-order valence-electron chi connectivity index (χ4n) is 6.14. The average Bonchev–Trinajstić information content (AvgIpc) is 2.90. The van der Waals surface area contributed by atoms with Crippen LogP contribution in [0, 0.1) is 12.7 Å². The van der Waals surface area contributed by atoms with Gasteiger partial charge in [-0.05, 0) is 74.2 Å². The molecule has 0 spiro atoms. The number of nitrogens with zero attached hydrogens (tertiary/aromatic N) is 3. The van der Waals surface area contributed by atoms with Gasteiger partial charge in [0.2, 0.25) is 11.8 Å². The summed E-state index contributed by atoms with van der Waals surface area (Å²) in [5.74, 6) is -1.86. The maximum atomic E-state index is 14.0. The van der Waals surface area contributed by atoms with E-state index < -0.39 is 58.8 Å². The Bertz CT molecular complexity index is 1340. The fraction of sp³-hybridized carbons (Fsp3) is 0.533. The van der Waals surface area contributed by atoms with Crippen LogP contribution >= 0.6 is 0 Å². The lowest BCUT2D eigenvalue weighted by atomic mass is 9.78. The van der Waals surface area contributed by atoms with Gasteiger partial charge in [-0.1, -0.05) is 6.07 Å². The minimum absolute atomic E-state index is 0.00282. The van der Waals surface area contributed by atoms with Crippen LogP contribution in [-0.2, 0) is 27.4 Å². The first-order valence-electron chi connectivity index (χ1n) is 13.8. The van der Waals surface area contributed by atoms with Crippen LogP contribution in [0.3, 0.4) is 0 Å². The minimum Gasteiger partial charge on any atom is -0.387 e. The molecule has 0 aliphatic carbocycles. The lowest BCUT2D eigenvalue weighted by molar-refractivity contribution is -0.144. The SMILES string of the molecule is Cc1cc(F)ccc1[C@H]1CN(C2CN(C(=O)CO)C2)CC[C@@H]1N(C)C(=O)C(C)(C)c1cc(C(F)(F)F)cc(C(F)(F)F)c1. The quantitative estimate of drug-likeness (QED) is 0.466. The third kappa shape index (κ3) is 6.67. The topological polar surface area (TPSA) is 64.1 Å². The van der Waals surface area contributed by atoms with Crippen LogP contribution in [0.4, 0.5) is 30.7 Å². The summed E-state index contributed by atoms with van der Waals surface area (Å²) in [6.45, 7) is 5.50. The van der Waals surface area contributed by atoms with Crippen molar-refractivity contribution in [1.82, 2.24) is 14.7 Å². The molecular formula is C30H34F7N3O3. The van der Waals surface area contributed by atoms with Crippen LogP contribution in [0.25, 0.3) is 0 Å². The first-order valence-corrected chi connectivity index (χ1v) is 13.8. The Balaban J connectivity index is 1.66. The molecule has 2 amide bonds. The van der Waals surface area contributed by atoms with E-state index in [1.165, 1.54) is 42.8 Å². The highest BCUT2D eigenvalue weighted by atomic mass is 19.4. The van der Waals surface area contributed by atoms with E-state index >= 15 is 0 Å². The Hall–Kier alpha value is -3.19. The van der Waals surface area contributed by atoms with E-state index in [-0.39, 0.29) is 23.9 Å². The molecule has 236 valence electrons. The molecule has 2 aliphatic heterocycles. The van der Waals surface area contributed by atoms with Gasteiger partial charge in [-0.15, -0.1) is 0 Å². The molecule has 0 aromatic heterocycles. The number of likely N-dealkylation sites (tertiary alicyclic amines) is 2. The third-order valence-corrected chi connectivity index (χ3v) is 8.77. The molecule has 2 fully saturated rings. The van der Waals surface area contributed by atoms with Crippen molar-refractivity contribution >= 4 is 11.8 Å². The molecular weight excluding hydrogens is 583 g/mol. The van der Waals surface area contributed by atoms with Crippen molar-refractivity contribution in [3.8, 4) is 0 Å². The highest BCUT2D eigenvalue weighted by molar-refractivity contribution is 5.87. The number of rotatable bonds is 6. The maximum Gasteiger partial charge on any atom is 0.416 e. The van der Waals surface area contributed by atoms with E-state index in [1.807, 2.05) is 0 Å². The number of halogens is 7. The van der Waals surface area contributed by atoms with Gasteiger partial charge in [0, 0.05) is 51.2 Å². The first kappa shape index (κ1) is 32.7. The Morgan fingerprint density at radius 1 is 0.930 bits per heavy atom. The molecule has 0 unspecified atom stereocenters. The lowest BCUT2D eigenvalue weighted by Crippen LogP contribution is -2.64. The van der Waals surface area contributed by atoms with Crippen molar-refractivity contribution in [2.45, 2.75) is 63.0 Å². The molecule has 4 rings (SSSR count).